The second-order valence-corrected chi connectivity index (χ2v) is 6.37. The average Bonchev–Trinajstić information content (AvgIpc) is 3.05. The Morgan fingerprint density at radius 3 is 2.29 bits per heavy atom. The summed E-state index contributed by atoms with van der Waals surface area (Å²) < 4.78 is 0. The first kappa shape index (κ1) is 12.6. The van der Waals surface area contributed by atoms with Crippen LogP contribution in [0.15, 0.2) is 18.2 Å². The van der Waals surface area contributed by atoms with Gasteiger partial charge in [0.05, 0.1) is 0 Å². The van der Waals surface area contributed by atoms with Gasteiger partial charge in [-0.2, -0.15) is 0 Å². The smallest absolute Gasteiger partial charge is 0.00684 e. The van der Waals surface area contributed by atoms with Gasteiger partial charge in [-0.25, -0.2) is 0 Å². The van der Waals surface area contributed by atoms with E-state index in [9.17, 15) is 0 Å². The first-order chi connectivity index (χ1) is 7.98. The Balaban J connectivity index is 2.02. The summed E-state index contributed by atoms with van der Waals surface area (Å²) in [7, 11) is 0. The van der Waals surface area contributed by atoms with Crippen molar-refractivity contribution in [3.63, 3.8) is 0 Å². The Kier molecular flexibility index (Phi) is 3.58. The molecule has 94 valence electrons. The van der Waals surface area contributed by atoms with Gasteiger partial charge in [0.25, 0.3) is 0 Å². The molecule has 1 aromatic rings. The largest absolute Gasteiger partial charge is 0.313 e. The molecule has 1 saturated carbocycles. The Labute approximate surface area is 106 Å². The van der Waals surface area contributed by atoms with Crippen molar-refractivity contribution in [2.24, 2.45) is 5.41 Å². The Bertz CT molecular complexity index is 368. The van der Waals surface area contributed by atoms with Crippen LogP contribution in [0.2, 0.25) is 0 Å². The number of hydrogen-bond donors (Lipinski definition) is 1. The van der Waals surface area contributed by atoms with Crippen LogP contribution in [0.3, 0.4) is 0 Å². The van der Waals surface area contributed by atoms with E-state index < -0.39 is 0 Å². The third kappa shape index (κ3) is 3.57. The Morgan fingerprint density at radius 1 is 1.18 bits per heavy atom. The number of aryl methyl sites for hydroxylation is 2. The summed E-state index contributed by atoms with van der Waals surface area (Å²) in [6.07, 6.45) is 3.92. The van der Waals surface area contributed by atoms with Gasteiger partial charge in [-0.05, 0) is 55.2 Å². The van der Waals surface area contributed by atoms with E-state index in [1.807, 2.05) is 0 Å². The molecule has 1 nitrogen and oxygen atoms in total. The van der Waals surface area contributed by atoms with Crippen LogP contribution in [0, 0.1) is 19.3 Å². The highest BCUT2D eigenvalue weighted by molar-refractivity contribution is 5.34. The van der Waals surface area contributed by atoms with Gasteiger partial charge in [0.2, 0.25) is 0 Å². The van der Waals surface area contributed by atoms with Gasteiger partial charge in [0.15, 0.2) is 0 Å². The fraction of sp³-hybridized carbons (Fsp3) is 0.625. The van der Waals surface area contributed by atoms with Crippen LogP contribution in [0.4, 0.5) is 0 Å². The lowest BCUT2D eigenvalue weighted by Crippen LogP contribution is -2.32. The molecule has 0 aromatic heterocycles. The zero-order valence-electron chi connectivity index (χ0n) is 11.6. The second-order valence-electron chi connectivity index (χ2n) is 6.37. The van der Waals surface area contributed by atoms with Crippen LogP contribution in [-0.4, -0.2) is 12.6 Å². The third-order valence-electron chi connectivity index (χ3n) is 3.75. The lowest BCUT2D eigenvalue weighted by Gasteiger charge is -2.27. The van der Waals surface area contributed by atoms with Gasteiger partial charge in [-0.3, -0.25) is 0 Å². The average molecular weight is 231 g/mol. The van der Waals surface area contributed by atoms with Crippen LogP contribution >= 0.6 is 0 Å². The van der Waals surface area contributed by atoms with Crippen LogP contribution in [0.1, 0.15) is 43.4 Å². The highest BCUT2D eigenvalue weighted by atomic mass is 15.0. The SMILES string of the molecule is Cc1cccc(C)c1CC(C)(C)CNC1CC1. The lowest BCUT2D eigenvalue weighted by molar-refractivity contribution is 0.336. The van der Waals surface area contributed by atoms with E-state index in [2.05, 4.69) is 51.2 Å². The lowest BCUT2D eigenvalue weighted by atomic mass is 9.82. The summed E-state index contributed by atoms with van der Waals surface area (Å²) >= 11 is 0. The van der Waals surface area contributed by atoms with Gasteiger partial charge in [0.1, 0.15) is 0 Å². The zero-order valence-corrected chi connectivity index (χ0v) is 11.6. The molecule has 0 unspecified atom stereocenters. The maximum atomic E-state index is 3.66. The van der Waals surface area contributed by atoms with Crippen molar-refractivity contribution in [3.05, 3.63) is 34.9 Å². The Hall–Kier alpha value is -0.820. The minimum Gasteiger partial charge on any atom is -0.313 e. The standard InChI is InChI=1S/C16H25N/c1-12-6-5-7-13(2)15(12)10-16(3,4)11-17-14-8-9-14/h5-7,14,17H,8-11H2,1-4H3. The molecule has 1 aliphatic carbocycles. The van der Waals surface area contributed by atoms with Gasteiger partial charge in [-0.1, -0.05) is 32.0 Å². The van der Waals surface area contributed by atoms with E-state index in [-0.39, 0.29) is 0 Å². The van der Waals surface area contributed by atoms with E-state index in [4.69, 9.17) is 0 Å². The molecule has 1 aliphatic rings. The van der Waals surface area contributed by atoms with E-state index in [0.29, 0.717) is 5.41 Å². The first-order valence-electron chi connectivity index (χ1n) is 6.76. The van der Waals surface area contributed by atoms with Gasteiger partial charge < -0.3 is 5.32 Å². The molecule has 0 atom stereocenters. The van der Waals surface area contributed by atoms with Crippen LogP contribution in [0.5, 0.6) is 0 Å². The minimum atomic E-state index is 0.347. The molecule has 1 N–H and O–H groups in total. The fourth-order valence-electron chi connectivity index (χ4n) is 2.38. The second kappa shape index (κ2) is 4.81. The van der Waals surface area contributed by atoms with Crippen LogP contribution in [0.25, 0.3) is 0 Å². The van der Waals surface area contributed by atoms with Crippen LogP contribution in [-0.2, 0) is 6.42 Å². The van der Waals surface area contributed by atoms with E-state index in [0.717, 1.165) is 12.6 Å². The number of nitrogens with one attached hydrogen (secondary N) is 1. The summed E-state index contributed by atoms with van der Waals surface area (Å²) in [6, 6.07) is 7.43. The van der Waals surface area contributed by atoms with Crippen molar-refractivity contribution in [2.45, 2.75) is 53.0 Å². The normalized spacial score (nSPS) is 16.2. The van der Waals surface area contributed by atoms with Crippen molar-refractivity contribution >= 4 is 0 Å². The first-order valence-corrected chi connectivity index (χ1v) is 6.76. The molecule has 1 heteroatoms. The molecular formula is C16H25N. The van der Waals surface area contributed by atoms with E-state index in [1.54, 1.807) is 0 Å². The van der Waals surface area contributed by atoms with Gasteiger partial charge in [0, 0.05) is 12.6 Å². The molecule has 0 radical (unpaired) electrons. The molecule has 0 spiro atoms. The van der Waals surface area contributed by atoms with Crippen LogP contribution < -0.4 is 5.32 Å². The topological polar surface area (TPSA) is 12.0 Å². The fourth-order valence-corrected chi connectivity index (χ4v) is 2.38. The van der Waals surface area contributed by atoms with Gasteiger partial charge in [-0.15, -0.1) is 0 Å². The maximum Gasteiger partial charge on any atom is 0.00684 e. The molecule has 17 heavy (non-hydrogen) atoms. The van der Waals surface area contributed by atoms with Crippen molar-refractivity contribution < 1.29 is 0 Å². The quantitative estimate of drug-likeness (QED) is 0.816. The Morgan fingerprint density at radius 2 is 1.76 bits per heavy atom. The summed E-state index contributed by atoms with van der Waals surface area (Å²) in [6.45, 7) is 10.3. The molecule has 2 rings (SSSR count). The summed E-state index contributed by atoms with van der Waals surface area (Å²) in [4.78, 5) is 0. The van der Waals surface area contributed by atoms with Crippen molar-refractivity contribution in [1.82, 2.24) is 5.32 Å². The van der Waals surface area contributed by atoms with Gasteiger partial charge >= 0.3 is 0 Å². The summed E-state index contributed by atoms with van der Waals surface area (Å²) in [5.41, 5.74) is 4.75. The molecule has 1 fully saturated rings. The molecule has 0 bridgehead atoms. The highest BCUT2D eigenvalue weighted by Crippen LogP contribution is 2.27. The van der Waals surface area contributed by atoms with Crippen molar-refractivity contribution in [3.8, 4) is 0 Å². The molecule has 1 aromatic carbocycles. The number of benzene rings is 1. The summed E-state index contributed by atoms with van der Waals surface area (Å²) in [5.74, 6) is 0. The molecular weight excluding hydrogens is 206 g/mol. The molecule has 0 saturated heterocycles. The predicted octanol–water partition coefficient (Wildman–Crippen LogP) is 3.62. The maximum absolute atomic E-state index is 3.66. The monoisotopic (exact) mass is 231 g/mol. The summed E-state index contributed by atoms with van der Waals surface area (Å²) in [5, 5.41) is 3.66. The van der Waals surface area contributed by atoms with Crippen molar-refractivity contribution in [1.29, 1.82) is 0 Å². The highest BCUT2D eigenvalue weighted by Gasteiger charge is 2.26. The number of hydrogen-bond acceptors (Lipinski definition) is 1. The minimum absolute atomic E-state index is 0.347. The zero-order chi connectivity index (χ0) is 12.5. The third-order valence-corrected chi connectivity index (χ3v) is 3.75. The predicted molar refractivity (Wildman–Crippen MR) is 74.4 cm³/mol. The molecule has 0 aliphatic heterocycles. The number of rotatable bonds is 5. The van der Waals surface area contributed by atoms with Crippen molar-refractivity contribution in [2.75, 3.05) is 6.54 Å². The van der Waals surface area contributed by atoms with E-state index in [1.165, 1.54) is 36.0 Å². The molecule has 0 amide bonds. The molecule has 0 heterocycles. The van der Waals surface area contributed by atoms with E-state index >= 15 is 0 Å².